The van der Waals surface area contributed by atoms with Gasteiger partial charge in [0.05, 0.1) is 0 Å². The Morgan fingerprint density at radius 3 is 3.56 bits per heavy atom. The minimum atomic E-state index is 0.904. The van der Waals surface area contributed by atoms with Gasteiger partial charge in [-0.3, -0.25) is 5.43 Å². The van der Waals surface area contributed by atoms with Gasteiger partial charge in [-0.05, 0) is 0 Å². The second-order valence-electron chi connectivity index (χ2n) is 2.00. The maximum atomic E-state index is 4.05. The number of fused-ring (bicyclic) bond motifs is 1. The molecule has 9 heavy (non-hydrogen) atoms. The molecule has 1 aliphatic rings. The summed E-state index contributed by atoms with van der Waals surface area (Å²) in [6.07, 6.45) is 3.75. The highest BCUT2D eigenvalue weighted by molar-refractivity contribution is 5.25. The molecule has 4 heteroatoms. The van der Waals surface area contributed by atoms with Crippen molar-refractivity contribution < 1.29 is 0 Å². The van der Waals surface area contributed by atoms with Crippen LogP contribution in [-0.2, 0) is 6.54 Å². The van der Waals surface area contributed by atoms with Gasteiger partial charge in [0.25, 0.3) is 0 Å². The third-order valence-electron chi connectivity index (χ3n) is 1.39. The molecule has 0 bridgehead atoms. The van der Waals surface area contributed by atoms with E-state index in [-0.39, 0.29) is 0 Å². The molecule has 0 amide bonds. The summed E-state index contributed by atoms with van der Waals surface area (Å²) in [6, 6.07) is 0. The molecule has 0 fully saturated rings. The molecule has 1 aromatic rings. The summed E-state index contributed by atoms with van der Waals surface area (Å²) in [5.41, 5.74) is 5.94. The number of aromatic nitrogens is 2. The lowest BCUT2D eigenvalue weighted by Gasteiger charge is -2.15. The van der Waals surface area contributed by atoms with Crippen LogP contribution in [0.5, 0.6) is 0 Å². The monoisotopic (exact) mass is 124 g/mol. The van der Waals surface area contributed by atoms with Crippen LogP contribution in [0.15, 0.2) is 12.4 Å². The molecule has 2 heterocycles. The second-order valence-corrected chi connectivity index (χ2v) is 2.00. The van der Waals surface area contributed by atoms with Crippen LogP contribution >= 0.6 is 0 Å². The first kappa shape index (κ1) is 4.81. The molecule has 0 spiro atoms. The predicted octanol–water partition coefficient (Wildman–Crippen LogP) is -0.187. The lowest BCUT2D eigenvalue weighted by atomic mass is 10.6. The van der Waals surface area contributed by atoms with Crippen LogP contribution in [0.3, 0.4) is 0 Å². The van der Waals surface area contributed by atoms with Crippen LogP contribution in [0, 0.1) is 0 Å². The van der Waals surface area contributed by atoms with Crippen LogP contribution in [0.4, 0.5) is 5.95 Å². The summed E-state index contributed by atoms with van der Waals surface area (Å²) in [4.78, 5) is 4.05. The first-order valence-electron chi connectivity index (χ1n) is 2.97. The van der Waals surface area contributed by atoms with E-state index in [1.807, 2.05) is 6.20 Å². The van der Waals surface area contributed by atoms with Gasteiger partial charge in [-0.15, -0.1) is 0 Å². The topological polar surface area (TPSA) is 41.9 Å². The van der Waals surface area contributed by atoms with Crippen molar-refractivity contribution in [2.24, 2.45) is 0 Å². The second kappa shape index (κ2) is 1.73. The Labute approximate surface area is 52.9 Å². The molecular weight excluding hydrogens is 116 g/mol. The SMILES string of the molecule is c1cn2c(n1)NNCC2. The summed E-state index contributed by atoms with van der Waals surface area (Å²) in [5.74, 6) is 0.904. The van der Waals surface area contributed by atoms with Crippen molar-refractivity contribution in [1.82, 2.24) is 15.0 Å². The van der Waals surface area contributed by atoms with Gasteiger partial charge < -0.3 is 4.57 Å². The van der Waals surface area contributed by atoms with Crippen molar-refractivity contribution in [3.8, 4) is 0 Å². The Hall–Kier alpha value is -1.03. The molecule has 2 N–H and O–H groups in total. The van der Waals surface area contributed by atoms with Crippen LogP contribution in [0.25, 0.3) is 0 Å². The molecule has 0 unspecified atom stereocenters. The van der Waals surface area contributed by atoms with E-state index < -0.39 is 0 Å². The lowest BCUT2D eigenvalue weighted by Crippen LogP contribution is -2.32. The number of hydrazine groups is 1. The number of nitrogens with one attached hydrogen (secondary N) is 2. The van der Waals surface area contributed by atoms with Gasteiger partial charge in [-0.1, -0.05) is 0 Å². The van der Waals surface area contributed by atoms with E-state index >= 15 is 0 Å². The van der Waals surface area contributed by atoms with Gasteiger partial charge >= 0.3 is 0 Å². The number of nitrogens with zero attached hydrogens (tertiary/aromatic N) is 2. The Balaban J connectivity index is 2.39. The van der Waals surface area contributed by atoms with Crippen LogP contribution < -0.4 is 10.9 Å². The van der Waals surface area contributed by atoms with Gasteiger partial charge in [-0.25, -0.2) is 10.4 Å². The van der Waals surface area contributed by atoms with E-state index in [9.17, 15) is 0 Å². The standard InChI is InChI=1S/C5H8N4/c1-3-9-4-2-7-8-5(9)6-1/h1,3,7H,2,4H2,(H,6,8). The number of hydrogen-bond acceptors (Lipinski definition) is 3. The van der Waals surface area contributed by atoms with E-state index in [2.05, 4.69) is 20.4 Å². The molecule has 48 valence electrons. The van der Waals surface area contributed by atoms with Crippen LogP contribution in [-0.4, -0.2) is 16.1 Å². The van der Waals surface area contributed by atoms with Crippen molar-refractivity contribution in [2.75, 3.05) is 12.0 Å². The molecule has 0 saturated heterocycles. The van der Waals surface area contributed by atoms with Crippen LogP contribution in [0.2, 0.25) is 0 Å². The molecule has 0 aliphatic carbocycles. The molecular formula is C5H8N4. The van der Waals surface area contributed by atoms with Crippen molar-refractivity contribution in [3.63, 3.8) is 0 Å². The van der Waals surface area contributed by atoms with Gasteiger partial charge in [0, 0.05) is 25.5 Å². The Bertz CT molecular complexity index is 184. The molecule has 0 atom stereocenters. The van der Waals surface area contributed by atoms with E-state index in [1.54, 1.807) is 6.20 Å². The van der Waals surface area contributed by atoms with Crippen molar-refractivity contribution in [1.29, 1.82) is 0 Å². The summed E-state index contributed by atoms with van der Waals surface area (Å²) < 4.78 is 2.07. The zero-order valence-electron chi connectivity index (χ0n) is 4.96. The quantitative estimate of drug-likeness (QED) is 0.504. The van der Waals surface area contributed by atoms with Gasteiger partial charge in [0.2, 0.25) is 5.95 Å². The minimum absolute atomic E-state index is 0.904. The zero-order chi connectivity index (χ0) is 6.10. The highest BCUT2D eigenvalue weighted by Gasteiger charge is 2.04. The molecule has 0 aromatic carbocycles. The van der Waals surface area contributed by atoms with Crippen LogP contribution in [0.1, 0.15) is 0 Å². The highest BCUT2D eigenvalue weighted by atomic mass is 15.5. The Morgan fingerprint density at radius 1 is 1.67 bits per heavy atom. The average Bonchev–Trinajstić information content (AvgIpc) is 2.33. The van der Waals surface area contributed by atoms with Crippen molar-refractivity contribution >= 4 is 5.95 Å². The molecule has 1 aliphatic heterocycles. The largest absolute Gasteiger partial charge is 0.315 e. The van der Waals surface area contributed by atoms with Gasteiger partial charge in [0.1, 0.15) is 0 Å². The van der Waals surface area contributed by atoms with E-state index in [1.165, 1.54) is 0 Å². The van der Waals surface area contributed by atoms with Crippen molar-refractivity contribution in [2.45, 2.75) is 6.54 Å². The number of anilines is 1. The maximum absolute atomic E-state index is 4.05. The predicted molar refractivity (Wildman–Crippen MR) is 33.9 cm³/mol. The summed E-state index contributed by atoms with van der Waals surface area (Å²) in [7, 11) is 0. The number of hydrogen-bond donors (Lipinski definition) is 2. The van der Waals surface area contributed by atoms with Gasteiger partial charge in [-0.2, -0.15) is 0 Å². The fourth-order valence-electron chi connectivity index (χ4n) is 0.932. The molecule has 0 saturated carbocycles. The normalized spacial score (nSPS) is 16.4. The summed E-state index contributed by atoms with van der Waals surface area (Å²) >= 11 is 0. The Morgan fingerprint density at radius 2 is 2.67 bits per heavy atom. The smallest absolute Gasteiger partial charge is 0.217 e. The first-order chi connectivity index (χ1) is 4.47. The molecule has 2 rings (SSSR count). The van der Waals surface area contributed by atoms with Gasteiger partial charge in [0.15, 0.2) is 0 Å². The third kappa shape index (κ3) is 0.675. The highest BCUT2D eigenvalue weighted by Crippen LogP contribution is 2.03. The lowest BCUT2D eigenvalue weighted by molar-refractivity contribution is 0.593. The first-order valence-corrected chi connectivity index (χ1v) is 2.97. The summed E-state index contributed by atoms with van der Waals surface area (Å²) in [5, 5.41) is 0. The van der Waals surface area contributed by atoms with E-state index in [0.29, 0.717) is 0 Å². The maximum Gasteiger partial charge on any atom is 0.217 e. The van der Waals surface area contributed by atoms with Crippen molar-refractivity contribution in [3.05, 3.63) is 12.4 Å². The third-order valence-corrected chi connectivity index (χ3v) is 1.39. The fraction of sp³-hybridized carbons (Fsp3) is 0.400. The fourth-order valence-corrected chi connectivity index (χ4v) is 0.932. The zero-order valence-corrected chi connectivity index (χ0v) is 4.96. The molecule has 4 nitrogen and oxygen atoms in total. The van der Waals surface area contributed by atoms with E-state index in [0.717, 1.165) is 19.0 Å². The number of imidazole rings is 1. The molecule has 1 aromatic heterocycles. The summed E-state index contributed by atoms with van der Waals surface area (Å²) in [6.45, 7) is 1.96. The average molecular weight is 124 g/mol. The number of rotatable bonds is 0. The van der Waals surface area contributed by atoms with E-state index in [4.69, 9.17) is 0 Å². The minimum Gasteiger partial charge on any atom is -0.315 e. The Kier molecular flexibility index (Phi) is 0.927. The molecule has 0 radical (unpaired) electrons.